The van der Waals surface area contributed by atoms with Crippen LogP contribution in [0.3, 0.4) is 0 Å². The number of halogens is 4. The number of alkyl halides is 3. The number of piperazine rings is 1. The highest BCUT2D eigenvalue weighted by molar-refractivity contribution is 6.32. The van der Waals surface area contributed by atoms with Gasteiger partial charge in [0.15, 0.2) is 0 Å². The molecule has 1 aliphatic heterocycles. The fourth-order valence-corrected chi connectivity index (χ4v) is 2.93. The van der Waals surface area contributed by atoms with Crippen molar-refractivity contribution in [1.82, 2.24) is 10.2 Å². The first-order valence-corrected chi connectivity index (χ1v) is 7.63. The van der Waals surface area contributed by atoms with Gasteiger partial charge in [-0.25, -0.2) is 0 Å². The molecule has 0 spiro atoms. The van der Waals surface area contributed by atoms with Crippen molar-refractivity contribution in [2.75, 3.05) is 33.3 Å². The van der Waals surface area contributed by atoms with Crippen LogP contribution in [0.5, 0.6) is 5.75 Å². The highest BCUT2D eigenvalue weighted by atomic mass is 35.5. The molecule has 1 atom stereocenters. The van der Waals surface area contributed by atoms with Gasteiger partial charge in [-0.15, -0.1) is 0 Å². The largest absolute Gasteiger partial charge is 0.495 e. The molecule has 0 unspecified atom stereocenters. The molecular formula is C15H20ClF3N2O. The molecular weight excluding hydrogens is 317 g/mol. The van der Waals surface area contributed by atoms with Crippen molar-refractivity contribution >= 4 is 11.6 Å². The van der Waals surface area contributed by atoms with Crippen LogP contribution in [0.15, 0.2) is 18.2 Å². The Balaban J connectivity index is 2.22. The maximum absolute atomic E-state index is 12.6. The molecule has 22 heavy (non-hydrogen) atoms. The number of nitrogens with one attached hydrogen (secondary N) is 1. The number of benzene rings is 1. The molecule has 1 fully saturated rings. The second kappa shape index (κ2) is 7.53. The topological polar surface area (TPSA) is 24.5 Å². The predicted molar refractivity (Wildman–Crippen MR) is 80.5 cm³/mol. The summed E-state index contributed by atoms with van der Waals surface area (Å²) >= 11 is 6.01. The third kappa shape index (κ3) is 4.76. The van der Waals surface area contributed by atoms with Crippen molar-refractivity contribution in [3.8, 4) is 5.75 Å². The van der Waals surface area contributed by atoms with Gasteiger partial charge in [-0.05, 0) is 24.1 Å². The lowest BCUT2D eigenvalue weighted by Gasteiger charge is -2.35. The number of rotatable bonds is 5. The van der Waals surface area contributed by atoms with E-state index >= 15 is 0 Å². The average Bonchev–Trinajstić information content (AvgIpc) is 2.49. The lowest BCUT2D eigenvalue weighted by atomic mass is 9.99. The summed E-state index contributed by atoms with van der Waals surface area (Å²) in [6.07, 6.45) is -4.91. The minimum absolute atomic E-state index is 0.0360. The van der Waals surface area contributed by atoms with Gasteiger partial charge in [0.1, 0.15) is 5.75 Å². The van der Waals surface area contributed by atoms with Crippen molar-refractivity contribution in [2.45, 2.75) is 25.1 Å². The highest BCUT2D eigenvalue weighted by Gasteiger charge is 2.31. The molecule has 124 valence electrons. The first-order valence-electron chi connectivity index (χ1n) is 7.25. The Kier molecular flexibility index (Phi) is 5.94. The van der Waals surface area contributed by atoms with E-state index in [2.05, 4.69) is 10.2 Å². The normalized spacial score (nSPS) is 18.2. The van der Waals surface area contributed by atoms with Gasteiger partial charge in [0.05, 0.1) is 12.1 Å². The summed E-state index contributed by atoms with van der Waals surface area (Å²) in [5.74, 6) is 0.492. The van der Waals surface area contributed by atoms with Gasteiger partial charge < -0.3 is 10.1 Å². The molecule has 1 saturated heterocycles. The molecule has 1 aliphatic rings. The molecule has 1 heterocycles. The lowest BCUT2D eigenvalue weighted by molar-refractivity contribution is -0.138. The first kappa shape index (κ1) is 17.4. The summed E-state index contributed by atoms with van der Waals surface area (Å²) in [6, 6.07) is 4.92. The Hall–Kier alpha value is -0.980. The molecule has 0 bridgehead atoms. The zero-order chi connectivity index (χ0) is 16.2. The van der Waals surface area contributed by atoms with Crippen LogP contribution in [0.2, 0.25) is 5.02 Å². The Labute approximate surface area is 133 Å². The SMILES string of the molecule is COc1cc([C@@H](CCC(F)(F)F)N2CCNCC2)ccc1Cl. The molecule has 2 rings (SSSR count). The summed E-state index contributed by atoms with van der Waals surface area (Å²) in [5.41, 5.74) is 0.812. The predicted octanol–water partition coefficient (Wildman–Crippen LogP) is 3.64. The number of methoxy groups -OCH3 is 1. The van der Waals surface area contributed by atoms with E-state index in [-0.39, 0.29) is 12.5 Å². The summed E-state index contributed by atoms with van der Waals surface area (Å²) in [7, 11) is 1.50. The van der Waals surface area contributed by atoms with Crippen LogP contribution >= 0.6 is 11.6 Å². The maximum atomic E-state index is 12.6. The Morgan fingerprint density at radius 2 is 2.00 bits per heavy atom. The van der Waals surface area contributed by atoms with E-state index in [0.29, 0.717) is 10.8 Å². The monoisotopic (exact) mass is 336 g/mol. The van der Waals surface area contributed by atoms with Gasteiger partial charge in [-0.3, -0.25) is 4.90 Å². The van der Waals surface area contributed by atoms with E-state index in [4.69, 9.17) is 16.3 Å². The summed E-state index contributed by atoms with van der Waals surface area (Å²) in [5, 5.41) is 3.67. The lowest BCUT2D eigenvalue weighted by Crippen LogP contribution is -2.45. The molecule has 0 saturated carbocycles. The van der Waals surface area contributed by atoms with Crippen LogP contribution in [0.25, 0.3) is 0 Å². The number of hydrogen-bond donors (Lipinski definition) is 1. The number of ether oxygens (including phenoxy) is 1. The summed E-state index contributed by atoms with van der Waals surface area (Å²) < 4.78 is 43.1. The second-order valence-electron chi connectivity index (χ2n) is 5.35. The van der Waals surface area contributed by atoms with Crippen molar-refractivity contribution < 1.29 is 17.9 Å². The Morgan fingerprint density at radius 1 is 1.32 bits per heavy atom. The van der Waals surface area contributed by atoms with Crippen LogP contribution in [0.1, 0.15) is 24.4 Å². The van der Waals surface area contributed by atoms with Crippen LogP contribution in [0.4, 0.5) is 13.2 Å². The van der Waals surface area contributed by atoms with E-state index in [1.54, 1.807) is 18.2 Å². The van der Waals surface area contributed by atoms with Gasteiger partial charge in [0.2, 0.25) is 0 Å². The summed E-state index contributed by atoms with van der Waals surface area (Å²) in [4.78, 5) is 2.09. The van der Waals surface area contributed by atoms with E-state index in [9.17, 15) is 13.2 Å². The smallest absolute Gasteiger partial charge is 0.389 e. The quantitative estimate of drug-likeness (QED) is 0.888. The molecule has 0 aromatic heterocycles. The van der Waals surface area contributed by atoms with Crippen LogP contribution < -0.4 is 10.1 Å². The third-order valence-electron chi connectivity index (χ3n) is 3.85. The van der Waals surface area contributed by atoms with Gasteiger partial charge >= 0.3 is 6.18 Å². The van der Waals surface area contributed by atoms with E-state index < -0.39 is 12.6 Å². The van der Waals surface area contributed by atoms with Gasteiger partial charge in [-0.1, -0.05) is 17.7 Å². The average molecular weight is 337 g/mol. The molecule has 7 heteroatoms. The second-order valence-corrected chi connectivity index (χ2v) is 5.76. The fraction of sp³-hybridized carbons (Fsp3) is 0.600. The Morgan fingerprint density at radius 3 is 2.59 bits per heavy atom. The van der Waals surface area contributed by atoms with Crippen molar-refractivity contribution in [3.63, 3.8) is 0 Å². The molecule has 1 aromatic carbocycles. The zero-order valence-corrected chi connectivity index (χ0v) is 13.2. The molecule has 0 radical (unpaired) electrons. The van der Waals surface area contributed by atoms with Crippen LogP contribution in [0, 0.1) is 0 Å². The van der Waals surface area contributed by atoms with E-state index in [1.807, 2.05) is 0 Å². The Bertz CT molecular complexity index is 490. The minimum Gasteiger partial charge on any atom is -0.495 e. The standard InChI is InChI=1S/C15H20ClF3N2O/c1-22-14-10-11(2-3-12(14)16)13(4-5-15(17,18)19)21-8-6-20-7-9-21/h2-3,10,13,20H,4-9H2,1H3/t13-/m1/s1. The van der Waals surface area contributed by atoms with Crippen LogP contribution in [-0.4, -0.2) is 44.4 Å². The van der Waals surface area contributed by atoms with Gasteiger partial charge in [0.25, 0.3) is 0 Å². The van der Waals surface area contributed by atoms with E-state index in [0.717, 1.165) is 31.7 Å². The number of hydrogen-bond acceptors (Lipinski definition) is 3. The molecule has 1 aromatic rings. The fourth-order valence-electron chi connectivity index (χ4n) is 2.74. The van der Waals surface area contributed by atoms with Crippen LogP contribution in [-0.2, 0) is 0 Å². The van der Waals surface area contributed by atoms with Gasteiger partial charge in [0, 0.05) is 38.6 Å². The third-order valence-corrected chi connectivity index (χ3v) is 4.17. The molecule has 1 N–H and O–H groups in total. The molecule has 0 amide bonds. The highest BCUT2D eigenvalue weighted by Crippen LogP contribution is 2.35. The van der Waals surface area contributed by atoms with Crippen molar-refractivity contribution in [3.05, 3.63) is 28.8 Å². The molecule has 3 nitrogen and oxygen atoms in total. The zero-order valence-electron chi connectivity index (χ0n) is 12.4. The van der Waals surface area contributed by atoms with E-state index in [1.165, 1.54) is 7.11 Å². The summed E-state index contributed by atoms with van der Waals surface area (Å²) in [6.45, 7) is 3.03. The number of nitrogens with zero attached hydrogens (tertiary/aromatic N) is 1. The minimum atomic E-state index is -4.15. The maximum Gasteiger partial charge on any atom is 0.389 e. The van der Waals surface area contributed by atoms with Crippen molar-refractivity contribution in [1.29, 1.82) is 0 Å². The first-order chi connectivity index (χ1) is 10.4. The molecule has 0 aliphatic carbocycles. The van der Waals surface area contributed by atoms with Gasteiger partial charge in [-0.2, -0.15) is 13.2 Å². The van der Waals surface area contributed by atoms with Crippen molar-refractivity contribution in [2.24, 2.45) is 0 Å².